The van der Waals surface area contributed by atoms with Crippen LogP contribution < -0.4 is 10.2 Å². The highest BCUT2D eigenvalue weighted by Crippen LogP contribution is 2.50. The fourth-order valence-electron chi connectivity index (χ4n) is 3.61. The van der Waals surface area contributed by atoms with Crippen molar-refractivity contribution in [3.63, 3.8) is 0 Å². The van der Waals surface area contributed by atoms with Crippen LogP contribution in [-0.2, 0) is 15.0 Å². The fraction of sp³-hybridized carbons (Fsp3) is 0.400. The van der Waals surface area contributed by atoms with Gasteiger partial charge in [-0.25, -0.2) is 0 Å². The number of rotatable bonds is 4. The summed E-state index contributed by atoms with van der Waals surface area (Å²) < 4.78 is 0. The second-order valence-electron chi connectivity index (χ2n) is 7.02. The van der Waals surface area contributed by atoms with Gasteiger partial charge in [0.2, 0.25) is 11.8 Å². The molecule has 1 N–H and O–H groups in total. The predicted octanol–water partition coefficient (Wildman–Crippen LogP) is 4.24. The van der Waals surface area contributed by atoms with E-state index in [1.54, 1.807) is 11.3 Å². The largest absolute Gasteiger partial charge is 0.325 e. The van der Waals surface area contributed by atoms with Gasteiger partial charge >= 0.3 is 0 Å². The Bertz CT molecular complexity index is 809. The first kappa shape index (κ1) is 16.3. The van der Waals surface area contributed by atoms with Gasteiger partial charge < -0.3 is 10.2 Å². The van der Waals surface area contributed by atoms with E-state index in [0.717, 1.165) is 54.0 Å². The molecule has 0 radical (unpaired) electrons. The summed E-state index contributed by atoms with van der Waals surface area (Å²) in [7, 11) is 0. The number of carbonyl (C=O) groups excluding carboxylic acids is 2. The molecular formula is C20H22N2O2S. The van der Waals surface area contributed by atoms with Crippen molar-refractivity contribution in [1.82, 2.24) is 0 Å². The van der Waals surface area contributed by atoms with E-state index in [2.05, 4.69) is 5.32 Å². The minimum Gasteiger partial charge on any atom is -0.325 e. The van der Waals surface area contributed by atoms with Crippen LogP contribution in [0.5, 0.6) is 0 Å². The van der Waals surface area contributed by atoms with Crippen molar-refractivity contribution in [2.45, 2.75) is 44.4 Å². The van der Waals surface area contributed by atoms with E-state index >= 15 is 0 Å². The summed E-state index contributed by atoms with van der Waals surface area (Å²) in [5.74, 6) is 0.275. The van der Waals surface area contributed by atoms with E-state index in [-0.39, 0.29) is 17.2 Å². The quantitative estimate of drug-likeness (QED) is 0.892. The number of benzene rings is 1. The first-order valence-corrected chi connectivity index (χ1v) is 9.75. The molecule has 4 nitrogen and oxygen atoms in total. The van der Waals surface area contributed by atoms with Gasteiger partial charge in [-0.2, -0.15) is 0 Å². The molecule has 0 unspecified atom stereocenters. The molecule has 2 amide bonds. The minimum atomic E-state index is -0.330. The van der Waals surface area contributed by atoms with Gasteiger partial charge in [0, 0.05) is 29.2 Å². The summed E-state index contributed by atoms with van der Waals surface area (Å²) in [5, 5.41) is 5.10. The molecule has 0 bridgehead atoms. The highest BCUT2D eigenvalue weighted by atomic mass is 32.1. The summed E-state index contributed by atoms with van der Waals surface area (Å²) in [6, 6.07) is 9.89. The van der Waals surface area contributed by atoms with Gasteiger partial charge in [0.1, 0.15) is 0 Å². The Morgan fingerprint density at radius 3 is 2.72 bits per heavy atom. The zero-order valence-electron chi connectivity index (χ0n) is 14.4. The lowest BCUT2D eigenvalue weighted by atomic mass is 10.0. The van der Waals surface area contributed by atoms with Crippen molar-refractivity contribution >= 4 is 34.5 Å². The predicted molar refractivity (Wildman–Crippen MR) is 101 cm³/mol. The van der Waals surface area contributed by atoms with Gasteiger partial charge in [-0.1, -0.05) is 6.07 Å². The molecule has 2 aromatic rings. The monoisotopic (exact) mass is 354 g/mol. The average molecular weight is 354 g/mol. The standard InChI is InChI=1S/C20H22N2O2S/c1-14-13-15(7-8-16(14)22-11-3-2-6-18(22)23)21-19(24)20(9-10-20)17-5-4-12-25-17/h4-5,7-8,12-13H,2-3,6,9-11H2,1H3,(H,21,24). The topological polar surface area (TPSA) is 49.4 Å². The van der Waals surface area contributed by atoms with Crippen LogP contribution in [0.4, 0.5) is 11.4 Å². The zero-order chi connectivity index (χ0) is 17.4. The van der Waals surface area contributed by atoms with Gasteiger partial charge in [-0.3, -0.25) is 9.59 Å². The summed E-state index contributed by atoms with van der Waals surface area (Å²) >= 11 is 1.65. The van der Waals surface area contributed by atoms with Crippen LogP contribution in [0.25, 0.3) is 0 Å². The Morgan fingerprint density at radius 1 is 1.24 bits per heavy atom. The Balaban J connectivity index is 1.51. The zero-order valence-corrected chi connectivity index (χ0v) is 15.2. The SMILES string of the molecule is Cc1cc(NC(=O)C2(c3cccs3)CC2)ccc1N1CCCCC1=O. The van der Waals surface area contributed by atoms with Gasteiger partial charge in [0.05, 0.1) is 5.41 Å². The van der Waals surface area contributed by atoms with E-state index in [4.69, 9.17) is 0 Å². The number of amides is 2. The third kappa shape index (κ3) is 2.97. The van der Waals surface area contributed by atoms with Crippen LogP contribution in [0.2, 0.25) is 0 Å². The number of hydrogen-bond acceptors (Lipinski definition) is 3. The number of nitrogens with one attached hydrogen (secondary N) is 1. The number of thiophene rings is 1. The molecule has 2 heterocycles. The lowest BCUT2D eigenvalue weighted by molar-refractivity contribution is -0.120. The third-order valence-electron chi connectivity index (χ3n) is 5.25. The molecule has 1 aromatic carbocycles. The maximum absolute atomic E-state index is 12.8. The summed E-state index contributed by atoms with van der Waals surface area (Å²) in [5.41, 5.74) is 2.46. The third-order valence-corrected chi connectivity index (χ3v) is 6.32. The van der Waals surface area contributed by atoms with Gasteiger partial charge in [-0.05, 0) is 67.8 Å². The molecule has 5 heteroatoms. The number of hydrogen-bond donors (Lipinski definition) is 1. The maximum atomic E-state index is 12.8. The van der Waals surface area contributed by atoms with Gasteiger partial charge in [0.15, 0.2) is 0 Å². The first-order chi connectivity index (χ1) is 12.1. The number of nitrogens with zero attached hydrogens (tertiary/aromatic N) is 1. The molecule has 1 saturated carbocycles. The molecule has 4 rings (SSSR count). The number of anilines is 2. The number of aryl methyl sites for hydroxylation is 1. The lowest BCUT2D eigenvalue weighted by Gasteiger charge is -2.28. The Hall–Kier alpha value is -2.14. The molecular weight excluding hydrogens is 332 g/mol. The molecule has 2 fully saturated rings. The van der Waals surface area contributed by atoms with Gasteiger partial charge in [0.25, 0.3) is 0 Å². The average Bonchev–Trinajstić information content (AvgIpc) is 3.23. The minimum absolute atomic E-state index is 0.0798. The van der Waals surface area contributed by atoms with E-state index < -0.39 is 0 Å². The summed E-state index contributed by atoms with van der Waals surface area (Å²) in [6.07, 6.45) is 4.49. The molecule has 25 heavy (non-hydrogen) atoms. The maximum Gasteiger partial charge on any atom is 0.235 e. The van der Waals surface area contributed by atoms with Crippen molar-refractivity contribution in [3.8, 4) is 0 Å². The highest BCUT2D eigenvalue weighted by Gasteiger charge is 2.52. The number of piperidine rings is 1. The summed E-state index contributed by atoms with van der Waals surface area (Å²) in [4.78, 5) is 27.9. The fourth-order valence-corrected chi connectivity index (χ4v) is 4.59. The van der Waals surface area contributed by atoms with E-state index in [0.29, 0.717) is 6.42 Å². The molecule has 0 spiro atoms. The van der Waals surface area contributed by atoms with Crippen molar-refractivity contribution in [3.05, 3.63) is 46.2 Å². The number of carbonyl (C=O) groups is 2. The second-order valence-corrected chi connectivity index (χ2v) is 7.96. The smallest absolute Gasteiger partial charge is 0.235 e. The lowest BCUT2D eigenvalue weighted by Crippen LogP contribution is -2.35. The van der Waals surface area contributed by atoms with Crippen molar-refractivity contribution in [2.75, 3.05) is 16.8 Å². The van der Waals surface area contributed by atoms with Crippen LogP contribution in [-0.4, -0.2) is 18.4 Å². The molecule has 1 aliphatic heterocycles. The molecule has 2 aliphatic rings. The van der Waals surface area contributed by atoms with E-state index in [9.17, 15) is 9.59 Å². The Morgan fingerprint density at radius 2 is 2.08 bits per heavy atom. The van der Waals surface area contributed by atoms with E-state index in [1.807, 2.05) is 47.5 Å². The van der Waals surface area contributed by atoms with Crippen molar-refractivity contribution in [2.24, 2.45) is 0 Å². The van der Waals surface area contributed by atoms with Crippen LogP contribution in [0.15, 0.2) is 35.7 Å². The van der Waals surface area contributed by atoms with Crippen molar-refractivity contribution < 1.29 is 9.59 Å². The molecule has 1 saturated heterocycles. The molecule has 1 aromatic heterocycles. The first-order valence-electron chi connectivity index (χ1n) is 8.87. The Kier molecular flexibility index (Phi) is 4.12. The normalized spacial score (nSPS) is 18.9. The van der Waals surface area contributed by atoms with Gasteiger partial charge in [-0.15, -0.1) is 11.3 Å². The van der Waals surface area contributed by atoms with Crippen LogP contribution in [0.1, 0.15) is 42.5 Å². The highest BCUT2D eigenvalue weighted by molar-refractivity contribution is 7.10. The van der Waals surface area contributed by atoms with Crippen LogP contribution in [0.3, 0.4) is 0 Å². The van der Waals surface area contributed by atoms with Crippen LogP contribution in [0, 0.1) is 6.92 Å². The van der Waals surface area contributed by atoms with Crippen molar-refractivity contribution in [1.29, 1.82) is 0 Å². The summed E-state index contributed by atoms with van der Waals surface area (Å²) in [6.45, 7) is 2.78. The Labute approximate surface area is 151 Å². The van der Waals surface area contributed by atoms with Crippen LogP contribution >= 0.6 is 11.3 Å². The molecule has 1 aliphatic carbocycles. The second kappa shape index (κ2) is 6.30. The van der Waals surface area contributed by atoms with E-state index in [1.165, 1.54) is 0 Å². The molecule has 130 valence electrons. The molecule has 0 atom stereocenters.